The zero-order valence-electron chi connectivity index (χ0n) is 19.2. The van der Waals surface area contributed by atoms with E-state index < -0.39 is 0 Å². The number of ketones is 1. The fourth-order valence-electron chi connectivity index (χ4n) is 3.33. The predicted octanol–water partition coefficient (Wildman–Crippen LogP) is 6.74. The topological polar surface area (TPSA) is 39.1 Å². The number of hydrogen-bond donors (Lipinski definition) is 0. The van der Waals surface area contributed by atoms with Crippen molar-refractivity contribution in [2.24, 2.45) is 5.92 Å². The molecule has 0 spiro atoms. The monoisotopic (exact) mass is 437 g/mol. The molecule has 31 heavy (non-hydrogen) atoms. The summed E-state index contributed by atoms with van der Waals surface area (Å²) in [6, 6.07) is 21.7. The molecule has 1 aromatic heterocycles. The Morgan fingerprint density at radius 3 is 1.84 bits per heavy atom. The van der Waals surface area contributed by atoms with Gasteiger partial charge in [0.25, 0.3) is 5.56 Å². The molecule has 0 aliphatic rings. The fourth-order valence-corrected chi connectivity index (χ4v) is 3.46. The molecule has 2 atom stereocenters. The van der Waals surface area contributed by atoms with Crippen LogP contribution in [-0.2, 0) is 4.79 Å². The van der Waals surface area contributed by atoms with Gasteiger partial charge in [-0.25, -0.2) is 0 Å². The number of aromatic nitrogens is 1. The number of halogens is 1. The first-order valence-corrected chi connectivity index (χ1v) is 11.0. The molecule has 0 aliphatic heterocycles. The molecule has 2 aromatic carbocycles. The Bertz CT molecular complexity index is 1050. The van der Waals surface area contributed by atoms with Gasteiger partial charge < -0.3 is 4.57 Å². The van der Waals surface area contributed by atoms with Crippen LogP contribution in [0, 0.1) is 19.8 Å². The maximum Gasteiger partial charge on any atom is 0.251 e. The number of Topliss-reactive ketones (excluding diaryl/α,β-unsaturated/α-hetero) is 1. The molecule has 0 radical (unpaired) electrons. The van der Waals surface area contributed by atoms with Gasteiger partial charge in [0.05, 0.1) is 6.04 Å². The second-order valence-electron chi connectivity index (χ2n) is 8.34. The minimum absolute atomic E-state index is 0.0198. The van der Waals surface area contributed by atoms with Crippen molar-refractivity contribution in [3.63, 3.8) is 0 Å². The number of carbonyl (C=O) groups is 1. The van der Waals surface area contributed by atoms with E-state index >= 15 is 0 Å². The Labute approximate surface area is 190 Å². The molecule has 0 amide bonds. The lowest BCUT2D eigenvalue weighted by Crippen LogP contribution is -2.29. The summed E-state index contributed by atoms with van der Waals surface area (Å²) >= 11 is 6.04. The lowest BCUT2D eigenvalue weighted by Gasteiger charge is -2.29. The van der Waals surface area contributed by atoms with Crippen LogP contribution in [0.4, 0.5) is 0 Å². The van der Waals surface area contributed by atoms with Gasteiger partial charge in [-0.1, -0.05) is 80.4 Å². The number of pyridine rings is 1. The molecule has 0 saturated heterocycles. The summed E-state index contributed by atoms with van der Waals surface area (Å²) in [6.45, 7) is 11.6. The number of carbonyl (C=O) groups excluding carboxylic acids is 1. The Morgan fingerprint density at radius 2 is 1.35 bits per heavy atom. The van der Waals surface area contributed by atoms with E-state index in [4.69, 9.17) is 11.6 Å². The van der Waals surface area contributed by atoms with Gasteiger partial charge in [-0.3, -0.25) is 9.59 Å². The van der Waals surface area contributed by atoms with E-state index in [1.54, 1.807) is 13.0 Å². The van der Waals surface area contributed by atoms with Crippen molar-refractivity contribution < 1.29 is 4.79 Å². The normalized spacial score (nSPS) is 12.6. The molecular formula is C27H32ClNO2. The summed E-state index contributed by atoms with van der Waals surface area (Å²) in [5.41, 5.74) is 4.47. The molecule has 3 nitrogen and oxygen atoms in total. The molecule has 3 rings (SSSR count). The summed E-state index contributed by atoms with van der Waals surface area (Å²) in [4.78, 5) is 22.8. The van der Waals surface area contributed by atoms with Crippen LogP contribution in [0.15, 0.2) is 71.5 Å². The first kappa shape index (κ1) is 24.6. The largest absolute Gasteiger partial charge is 0.305 e. The van der Waals surface area contributed by atoms with Crippen molar-refractivity contribution in [2.45, 2.75) is 53.5 Å². The van der Waals surface area contributed by atoms with Crippen LogP contribution in [0.1, 0.15) is 62.0 Å². The highest BCUT2D eigenvalue weighted by Gasteiger charge is 2.24. The number of aryl methyl sites for hydroxylation is 2. The second kappa shape index (κ2) is 11.1. The number of rotatable bonds is 5. The van der Waals surface area contributed by atoms with Gasteiger partial charge in [0.15, 0.2) is 0 Å². The Balaban J connectivity index is 0.000000501. The molecule has 1 heterocycles. The highest BCUT2D eigenvalue weighted by Crippen LogP contribution is 2.34. The van der Waals surface area contributed by atoms with Crippen LogP contribution in [0.3, 0.4) is 0 Å². The van der Waals surface area contributed by atoms with Crippen LogP contribution >= 0.6 is 11.6 Å². The average Bonchev–Trinajstić information content (AvgIpc) is 2.72. The molecule has 0 fully saturated rings. The molecule has 0 saturated carbocycles. The van der Waals surface area contributed by atoms with E-state index in [1.165, 1.54) is 5.56 Å². The van der Waals surface area contributed by atoms with Gasteiger partial charge in [-0.05, 0) is 50.1 Å². The van der Waals surface area contributed by atoms with E-state index in [0.717, 1.165) is 21.8 Å². The Morgan fingerprint density at radius 1 is 0.839 bits per heavy atom. The van der Waals surface area contributed by atoms with Crippen molar-refractivity contribution in [3.05, 3.63) is 104 Å². The average molecular weight is 438 g/mol. The lowest BCUT2D eigenvalue weighted by atomic mass is 9.87. The van der Waals surface area contributed by atoms with Gasteiger partial charge >= 0.3 is 0 Å². The van der Waals surface area contributed by atoms with Crippen LogP contribution in [0.5, 0.6) is 0 Å². The smallest absolute Gasteiger partial charge is 0.251 e. The van der Waals surface area contributed by atoms with Gasteiger partial charge in [-0.2, -0.15) is 0 Å². The minimum Gasteiger partial charge on any atom is -0.305 e. The quantitative estimate of drug-likeness (QED) is 0.443. The second-order valence-corrected chi connectivity index (χ2v) is 8.77. The first-order valence-electron chi connectivity index (χ1n) is 10.6. The van der Waals surface area contributed by atoms with Crippen LogP contribution in [-0.4, -0.2) is 10.4 Å². The SMILES string of the molecule is CC(=O)C(C)C.Cc1ccc([C@@H]([C@H](C)c2ccc(Cl)cc2)n2c(C)cccc2=O)cc1. The summed E-state index contributed by atoms with van der Waals surface area (Å²) in [7, 11) is 0. The molecule has 0 N–H and O–H groups in total. The standard InChI is InChI=1S/C22H22ClNO.C5H10O/c1-15-7-9-19(10-8-15)22(24-16(2)5-4-6-21(24)25)17(3)18-11-13-20(23)14-12-18;1-4(2)5(3)6/h4-14,17,22H,1-3H3;4H,1-3H3/t17-,22-;/m1./s1. The third-order valence-corrected chi connectivity index (χ3v) is 5.83. The van der Waals surface area contributed by atoms with Crippen molar-refractivity contribution in [1.82, 2.24) is 4.57 Å². The van der Waals surface area contributed by atoms with Crippen molar-refractivity contribution in [2.75, 3.05) is 0 Å². The number of hydrogen-bond acceptors (Lipinski definition) is 2. The fraction of sp³-hybridized carbons (Fsp3) is 0.333. The lowest BCUT2D eigenvalue weighted by molar-refractivity contribution is -0.119. The summed E-state index contributed by atoms with van der Waals surface area (Å²) in [5, 5.41) is 0.718. The molecule has 0 aliphatic carbocycles. The van der Waals surface area contributed by atoms with Crippen LogP contribution < -0.4 is 5.56 Å². The van der Waals surface area contributed by atoms with E-state index in [-0.39, 0.29) is 29.2 Å². The molecule has 164 valence electrons. The zero-order valence-corrected chi connectivity index (χ0v) is 20.0. The van der Waals surface area contributed by atoms with E-state index in [2.05, 4.69) is 38.1 Å². The van der Waals surface area contributed by atoms with Gasteiger partial charge in [0, 0.05) is 28.6 Å². The van der Waals surface area contributed by atoms with Crippen LogP contribution in [0.25, 0.3) is 0 Å². The van der Waals surface area contributed by atoms with Crippen molar-refractivity contribution in [1.29, 1.82) is 0 Å². The maximum atomic E-state index is 12.7. The highest BCUT2D eigenvalue weighted by atomic mass is 35.5. The third-order valence-electron chi connectivity index (χ3n) is 5.57. The van der Waals surface area contributed by atoms with E-state index in [9.17, 15) is 9.59 Å². The predicted molar refractivity (Wildman–Crippen MR) is 130 cm³/mol. The van der Waals surface area contributed by atoms with Crippen LogP contribution in [0.2, 0.25) is 5.02 Å². The molecule has 4 heteroatoms. The summed E-state index contributed by atoms with van der Waals surface area (Å²) in [5.74, 6) is 0.596. The Hall–Kier alpha value is -2.65. The Kier molecular flexibility index (Phi) is 8.82. The van der Waals surface area contributed by atoms with Crippen molar-refractivity contribution >= 4 is 17.4 Å². The summed E-state index contributed by atoms with van der Waals surface area (Å²) in [6.07, 6.45) is 0. The van der Waals surface area contributed by atoms with E-state index in [1.807, 2.05) is 61.7 Å². The molecule has 0 unspecified atom stereocenters. The molecular weight excluding hydrogens is 406 g/mol. The first-order chi connectivity index (χ1) is 14.6. The third kappa shape index (κ3) is 6.67. The molecule has 0 bridgehead atoms. The number of nitrogens with zero attached hydrogens (tertiary/aromatic N) is 1. The minimum atomic E-state index is -0.0736. The van der Waals surface area contributed by atoms with Crippen molar-refractivity contribution in [3.8, 4) is 0 Å². The highest BCUT2D eigenvalue weighted by molar-refractivity contribution is 6.30. The van der Waals surface area contributed by atoms with Gasteiger partial charge in [0.1, 0.15) is 5.78 Å². The number of benzene rings is 2. The maximum absolute atomic E-state index is 12.7. The van der Waals surface area contributed by atoms with E-state index in [0.29, 0.717) is 0 Å². The van der Waals surface area contributed by atoms with Gasteiger partial charge in [0.2, 0.25) is 0 Å². The molecule has 3 aromatic rings. The zero-order chi connectivity index (χ0) is 23.1. The summed E-state index contributed by atoms with van der Waals surface area (Å²) < 4.78 is 1.89. The van der Waals surface area contributed by atoms with Gasteiger partial charge in [-0.15, -0.1) is 0 Å².